The number of aromatic nitrogens is 2. The number of fused-ring (bicyclic) bond motifs is 3. The van der Waals surface area contributed by atoms with E-state index in [1.807, 2.05) is 18.2 Å². The largest absolute Gasteiger partial charge is 0.341 e. The standard InChI is InChI=1S/C14H12BrN3O/c15-8-1-2-11-12(4-8)18-14(17-11)13-10-5-9(16-13)3-7(10)6-19/h1-2,4,9-10,13,16H,3,5H2,(H,17,18). The number of halogens is 1. The maximum Gasteiger partial charge on any atom is 0.125 e. The summed E-state index contributed by atoms with van der Waals surface area (Å²) < 4.78 is 1.03. The van der Waals surface area contributed by atoms with E-state index in [1.165, 1.54) is 0 Å². The Bertz CT molecular complexity index is 717. The van der Waals surface area contributed by atoms with E-state index in [9.17, 15) is 4.79 Å². The quantitative estimate of drug-likeness (QED) is 0.794. The van der Waals surface area contributed by atoms with Crippen LogP contribution >= 0.6 is 15.9 Å². The summed E-state index contributed by atoms with van der Waals surface area (Å²) in [6.45, 7) is 0. The number of aromatic amines is 1. The average molecular weight is 318 g/mol. The molecule has 2 aliphatic rings. The summed E-state index contributed by atoms with van der Waals surface area (Å²) in [6.07, 6.45) is 1.87. The molecule has 2 aromatic rings. The smallest absolute Gasteiger partial charge is 0.125 e. The molecule has 0 amide bonds. The zero-order valence-corrected chi connectivity index (χ0v) is 11.7. The Morgan fingerprint density at radius 2 is 2.32 bits per heavy atom. The van der Waals surface area contributed by atoms with Gasteiger partial charge < -0.3 is 10.3 Å². The Morgan fingerprint density at radius 1 is 1.42 bits per heavy atom. The maximum absolute atomic E-state index is 11.0. The molecule has 1 saturated heterocycles. The zero-order valence-electron chi connectivity index (χ0n) is 10.1. The van der Waals surface area contributed by atoms with Crippen LogP contribution in [-0.2, 0) is 4.79 Å². The number of rotatable bonds is 1. The summed E-state index contributed by atoms with van der Waals surface area (Å²) >= 11 is 3.46. The van der Waals surface area contributed by atoms with Gasteiger partial charge in [0, 0.05) is 22.0 Å². The van der Waals surface area contributed by atoms with Crippen LogP contribution in [0.5, 0.6) is 0 Å². The summed E-state index contributed by atoms with van der Waals surface area (Å²) in [5.74, 6) is 3.30. The molecule has 2 N–H and O–H groups in total. The van der Waals surface area contributed by atoms with Crippen molar-refractivity contribution in [1.29, 1.82) is 0 Å². The highest BCUT2D eigenvalue weighted by Crippen LogP contribution is 2.45. The van der Waals surface area contributed by atoms with Gasteiger partial charge in [0.25, 0.3) is 0 Å². The Kier molecular flexibility index (Phi) is 2.42. The molecule has 2 fully saturated rings. The molecule has 1 aromatic carbocycles. The first-order valence-electron chi connectivity index (χ1n) is 6.39. The minimum absolute atomic E-state index is 0.126. The van der Waals surface area contributed by atoms with E-state index in [4.69, 9.17) is 0 Å². The number of benzene rings is 1. The number of imidazole rings is 1. The van der Waals surface area contributed by atoms with Crippen LogP contribution in [0.2, 0.25) is 0 Å². The van der Waals surface area contributed by atoms with Crippen LogP contribution in [0.15, 0.2) is 28.2 Å². The summed E-state index contributed by atoms with van der Waals surface area (Å²) in [5.41, 5.74) is 2.89. The first-order valence-corrected chi connectivity index (χ1v) is 7.19. The molecule has 2 heterocycles. The lowest BCUT2D eigenvalue weighted by Gasteiger charge is -2.21. The lowest BCUT2D eigenvalue weighted by Crippen LogP contribution is -2.30. The van der Waals surface area contributed by atoms with E-state index < -0.39 is 0 Å². The summed E-state index contributed by atoms with van der Waals surface area (Å²) in [7, 11) is 0. The van der Waals surface area contributed by atoms with Crippen molar-refractivity contribution < 1.29 is 4.79 Å². The van der Waals surface area contributed by atoms with E-state index >= 15 is 0 Å². The van der Waals surface area contributed by atoms with E-state index in [-0.39, 0.29) is 12.0 Å². The third-order valence-corrected chi connectivity index (χ3v) is 4.65. The second kappa shape index (κ2) is 4.04. The van der Waals surface area contributed by atoms with Crippen LogP contribution in [0, 0.1) is 5.92 Å². The van der Waals surface area contributed by atoms with Gasteiger partial charge >= 0.3 is 0 Å². The van der Waals surface area contributed by atoms with Crippen molar-refractivity contribution in [2.45, 2.75) is 24.9 Å². The van der Waals surface area contributed by atoms with Crippen LogP contribution in [0.1, 0.15) is 24.7 Å². The predicted molar refractivity (Wildman–Crippen MR) is 75.4 cm³/mol. The normalized spacial score (nSPS) is 29.1. The van der Waals surface area contributed by atoms with Crippen molar-refractivity contribution >= 4 is 32.9 Å². The van der Waals surface area contributed by atoms with E-state index in [2.05, 4.69) is 37.2 Å². The highest BCUT2D eigenvalue weighted by molar-refractivity contribution is 9.10. The number of H-pyrrole nitrogens is 1. The van der Waals surface area contributed by atoms with Crippen molar-refractivity contribution in [1.82, 2.24) is 15.3 Å². The first kappa shape index (κ1) is 11.4. The van der Waals surface area contributed by atoms with Gasteiger partial charge in [-0.3, -0.25) is 0 Å². The monoisotopic (exact) mass is 317 g/mol. The first-order chi connectivity index (χ1) is 9.24. The van der Waals surface area contributed by atoms with Crippen LogP contribution in [-0.4, -0.2) is 22.0 Å². The summed E-state index contributed by atoms with van der Waals surface area (Å²) in [5, 5.41) is 3.54. The van der Waals surface area contributed by atoms with Crippen LogP contribution < -0.4 is 5.32 Å². The molecule has 1 aliphatic heterocycles. The molecule has 5 heteroatoms. The van der Waals surface area contributed by atoms with Crippen molar-refractivity contribution in [3.8, 4) is 0 Å². The molecule has 3 atom stereocenters. The number of nitrogens with one attached hydrogen (secondary N) is 2. The molecular formula is C14H12BrN3O. The van der Waals surface area contributed by atoms with E-state index in [0.717, 1.165) is 39.7 Å². The molecule has 1 aliphatic carbocycles. The van der Waals surface area contributed by atoms with Gasteiger partial charge in [-0.25, -0.2) is 9.78 Å². The van der Waals surface area contributed by atoms with Gasteiger partial charge in [0.2, 0.25) is 0 Å². The number of hydrogen-bond donors (Lipinski definition) is 2. The van der Waals surface area contributed by atoms with Gasteiger partial charge in [-0.15, -0.1) is 0 Å². The molecular weight excluding hydrogens is 306 g/mol. The highest BCUT2D eigenvalue weighted by atomic mass is 79.9. The third kappa shape index (κ3) is 1.70. The van der Waals surface area contributed by atoms with E-state index in [1.54, 1.807) is 0 Å². The van der Waals surface area contributed by atoms with Gasteiger partial charge in [-0.05, 0) is 31.0 Å². The van der Waals surface area contributed by atoms with Crippen molar-refractivity contribution in [2.75, 3.05) is 0 Å². The SMILES string of the molecule is O=C=C1CC2CC1C(c1nc3ccc(Br)cc3[nH]1)N2. The van der Waals surface area contributed by atoms with Crippen LogP contribution in [0.4, 0.5) is 0 Å². The van der Waals surface area contributed by atoms with Gasteiger partial charge in [0.1, 0.15) is 11.8 Å². The molecule has 3 unspecified atom stereocenters. The molecule has 96 valence electrons. The van der Waals surface area contributed by atoms with Gasteiger partial charge in [0.15, 0.2) is 0 Å². The minimum Gasteiger partial charge on any atom is -0.341 e. The van der Waals surface area contributed by atoms with E-state index in [0.29, 0.717) is 6.04 Å². The lowest BCUT2D eigenvalue weighted by atomic mass is 9.95. The van der Waals surface area contributed by atoms with Gasteiger partial charge in [0.05, 0.1) is 17.1 Å². The topological polar surface area (TPSA) is 57.8 Å². The molecule has 1 saturated carbocycles. The number of nitrogens with zero attached hydrogens (tertiary/aromatic N) is 1. The zero-order chi connectivity index (χ0) is 13.0. The average Bonchev–Trinajstić information content (AvgIpc) is 3.09. The second-order valence-electron chi connectivity index (χ2n) is 5.30. The van der Waals surface area contributed by atoms with Gasteiger partial charge in [-0.1, -0.05) is 15.9 Å². The number of carbonyl (C=O) groups excluding carboxylic acids is 1. The summed E-state index contributed by atoms with van der Waals surface area (Å²) in [4.78, 5) is 19.0. The predicted octanol–water partition coefficient (Wildman–Crippen LogP) is 2.51. The van der Waals surface area contributed by atoms with Crippen molar-refractivity contribution in [3.63, 3.8) is 0 Å². The number of hydrogen-bond acceptors (Lipinski definition) is 3. The molecule has 19 heavy (non-hydrogen) atoms. The Morgan fingerprint density at radius 3 is 3.11 bits per heavy atom. The molecule has 4 rings (SSSR count). The fraction of sp³-hybridized carbons (Fsp3) is 0.357. The Balaban J connectivity index is 1.77. The van der Waals surface area contributed by atoms with Crippen LogP contribution in [0.3, 0.4) is 0 Å². The number of piperidine rings is 1. The molecule has 4 nitrogen and oxygen atoms in total. The maximum atomic E-state index is 11.0. The lowest BCUT2D eigenvalue weighted by molar-refractivity contribution is 0.448. The summed E-state index contributed by atoms with van der Waals surface area (Å²) in [6, 6.07) is 6.53. The Labute approximate surface area is 118 Å². The molecule has 2 bridgehead atoms. The van der Waals surface area contributed by atoms with Crippen LogP contribution in [0.25, 0.3) is 11.0 Å². The highest BCUT2D eigenvalue weighted by Gasteiger charge is 2.45. The second-order valence-corrected chi connectivity index (χ2v) is 6.21. The third-order valence-electron chi connectivity index (χ3n) is 4.16. The molecule has 0 spiro atoms. The van der Waals surface area contributed by atoms with Crippen molar-refractivity contribution in [3.05, 3.63) is 34.1 Å². The Hall–Kier alpha value is -1.42. The fourth-order valence-electron chi connectivity index (χ4n) is 3.32. The van der Waals surface area contributed by atoms with Crippen molar-refractivity contribution in [2.24, 2.45) is 5.92 Å². The fourth-order valence-corrected chi connectivity index (χ4v) is 3.68. The molecule has 1 aromatic heterocycles. The minimum atomic E-state index is 0.126. The van der Waals surface area contributed by atoms with Gasteiger partial charge in [-0.2, -0.15) is 0 Å². The molecule has 0 radical (unpaired) electrons.